The molecule has 0 radical (unpaired) electrons. The molecule has 0 aliphatic heterocycles. The van der Waals surface area contributed by atoms with Crippen molar-refractivity contribution in [3.05, 3.63) is 35.4 Å². The van der Waals surface area contributed by atoms with E-state index in [2.05, 4.69) is 34.7 Å². The van der Waals surface area contributed by atoms with Crippen LogP contribution in [-0.2, 0) is 11.2 Å². The van der Waals surface area contributed by atoms with E-state index >= 15 is 0 Å². The molecule has 1 aromatic rings. The first-order valence-corrected chi connectivity index (χ1v) is 7.54. The lowest BCUT2D eigenvalue weighted by Gasteiger charge is -2.13. The summed E-state index contributed by atoms with van der Waals surface area (Å²) in [7, 11) is 0. The number of nitrogens with zero attached hydrogens (tertiary/aromatic N) is 1. The van der Waals surface area contributed by atoms with Crippen LogP contribution in [-0.4, -0.2) is 23.5 Å². The van der Waals surface area contributed by atoms with Crippen LogP contribution in [0, 0.1) is 11.8 Å². The molecule has 1 fully saturated rings. The highest BCUT2D eigenvalue weighted by Crippen LogP contribution is 2.59. The summed E-state index contributed by atoms with van der Waals surface area (Å²) >= 11 is 0. The van der Waals surface area contributed by atoms with E-state index in [1.54, 1.807) is 0 Å². The van der Waals surface area contributed by atoms with Gasteiger partial charge in [0, 0.05) is 18.9 Å². The zero-order chi connectivity index (χ0) is 14.8. The van der Waals surface area contributed by atoms with E-state index in [0.717, 1.165) is 12.8 Å². The lowest BCUT2D eigenvalue weighted by atomic mass is 9.92. The molecule has 4 N–H and O–H groups in total. The summed E-state index contributed by atoms with van der Waals surface area (Å²) in [6.07, 6.45) is 3.39. The smallest absolute Gasteiger partial charge is 0.224 e. The van der Waals surface area contributed by atoms with Crippen LogP contribution in [0.15, 0.2) is 29.4 Å². The SMILES string of the molecule is N/C(CCCNC(=O)C1C2CCc3ccccc3C21)=N/O. The molecule has 0 spiro atoms. The van der Waals surface area contributed by atoms with Crippen molar-refractivity contribution in [3.8, 4) is 0 Å². The van der Waals surface area contributed by atoms with E-state index in [0.29, 0.717) is 31.2 Å². The summed E-state index contributed by atoms with van der Waals surface area (Å²) in [6, 6.07) is 8.48. The number of amidine groups is 1. The van der Waals surface area contributed by atoms with E-state index in [4.69, 9.17) is 10.9 Å². The van der Waals surface area contributed by atoms with Gasteiger partial charge in [-0.3, -0.25) is 4.79 Å². The third-order valence-corrected chi connectivity index (χ3v) is 4.67. The number of nitrogens with two attached hydrogens (primary N) is 1. The highest BCUT2D eigenvalue weighted by Gasteiger charge is 2.56. The zero-order valence-electron chi connectivity index (χ0n) is 12.0. The van der Waals surface area contributed by atoms with Crippen molar-refractivity contribution in [2.24, 2.45) is 22.7 Å². The number of rotatable bonds is 5. The summed E-state index contributed by atoms with van der Waals surface area (Å²) in [5.74, 6) is 1.43. The van der Waals surface area contributed by atoms with E-state index in [-0.39, 0.29) is 17.7 Å². The van der Waals surface area contributed by atoms with Crippen LogP contribution in [0.4, 0.5) is 0 Å². The van der Waals surface area contributed by atoms with Crippen molar-refractivity contribution in [2.75, 3.05) is 6.54 Å². The molecule has 5 nitrogen and oxygen atoms in total. The first-order valence-electron chi connectivity index (χ1n) is 7.54. The van der Waals surface area contributed by atoms with Gasteiger partial charge in [0.1, 0.15) is 5.84 Å². The molecule has 0 bridgehead atoms. The van der Waals surface area contributed by atoms with Crippen molar-refractivity contribution >= 4 is 11.7 Å². The zero-order valence-corrected chi connectivity index (χ0v) is 12.0. The first-order chi connectivity index (χ1) is 10.2. The summed E-state index contributed by atoms with van der Waals surface area (Å²) in [5.41, 5.74) is 8.17. The van der Waals surface area contributed by atoms with Crippen LogP contribution in [0.5, 0.6) is 0 Å². The molecule has 0 saturated heterocycles. The van der Waals surface area contributed by atoms with Crippen molar-refractivity contribution < 1.29 is 10.0 Å². The monoisotopic (exact) mass is 287 g/mol. The lowest BCUT2D eigenvalue weighted by Crippen LogP contribution is -2.27. The normalized spacial score (nSPS) is 26.7. The maximum atomic E-state index is 12.3. The van der Waals surface area contributed by atoms with Gasteiger partial charge >= 0.3 is 0 Å². The summed E-state index contributed by atoms with van der Waals surface area (Å²) in [4.78, 5) is 12.3. The van der Waals surface area contributed by atoms with Gasteiger partial charge in [0.2, 0.25) is 5.91 Å². The number of aryl methyl sites for hydroxylation is 1. The molecular weight excluding hydrogens is 266 g/mol. The molecular formula is C16H21N3O2. The summed E-state index contributed by atoms with van der Waals surface area (Å²) in [6.45, 7) is 0.576. The second kappa shape index (κ2) is 5.76. The molecule has 0 heterocycles. The maximum absolute atomic E-state index is 12.3. The van der Waals surface area contributed by atoms with Crippen molar-refractivity contribution in [1.82, 2.24) is 5.32 Å². The number of oxime groups is 1. The minimum Gasteiger partial charge on any atom is -0.409 e. The number of amides is 1. The van der Waals surface area contributed by atoms with Gasteiger partial charge in [-0.15, -0.1) is 0 Å². The Balaban J connectivity index is 1.52. The van der Waals surface area contributed by atoms with Gasteiger partial charge in [-0.1, -0.05) is 29.4 Å². The molecule has 112 valence electrons. The summed E-state index contributed by atoms with van der Waals surface area (Å²) in [5, 5.41) is 14.3. The second-order valence-electron chi connectivity index (χ2n) is 5.94. The number of benzene rings is 1. The minimum absolute atomic E-state index is 0.137. The van der Waals surface area contributed by atoms with Crippen LogP contribution in [0.2, 0.25) is 0 Å². The molecule has 1 amide bonds. The Bertz CT molecular complexity index is 570. The topological polar surface area (TPSA) is 87.7 Å². The molecule has 3 atom stereocenters. The second-order valence-corrected chi connectivity index (χ2v) is 5.94. The number of carbonyl (C=O) groups is 1. The lowest BCUT2D eigenvalue weighted by molar-refractivity contribution is -0.122. The first kappa shape index (κ1) is 13.9. The minimum atomic E-state index is 0.137. The van der Waals surface area contributed by atoms with Crippen molar-refractivity contribution in [2.45, 2.75) is 31.6 Å². The Kier molecular flexibility index (Phi) is 3.82. The molecule has 5 heteroatoms. The fourth-order valence-corrected chi connectivity index (χ4v) is 3.57. The molecule has 0 aromatic heterocycles. The Labute approximate surface area is 124 Å². The van der Waals surface area contributed by atoms with Gasteiger partial charge in [-0.2, -0.15) is 0 Å². The Morgan fingerprint density at radius 3 is 3.05 bits per heavy atom. The average molecular weight is 287 g/mol. The Morgan fingerprint density at radius 2 is 2.24 bits per heavy atom. The summed E-state index contributed by atoms with van der Waals surface area (Å²) < 4.78 is 0. The Morgan fingerprint density at radius 1 is 1.43 bits per heavy atom. The number of fused-ring (bicyclic) bond motifs is 3. The van der Waals surface area contributed by atoms with Gasteiger partial charge in [0.25, 0.3) is 0 Å². The number of carbonyl (C=O) groups excluding carboxylic acids is 1. The molecule has 3 unspecified atom stereocenters. The molecule has 21 heavy (non-hydrogen) atoms. The predicted octanol–water partition coefficient (Wildman–Crippen LogP) is 1.61. The van der Waals surface area contributed by atoms with Crippen LogP contribution in [0.1, 0.15) is 36.3 Å². The maximum Gasteiger partial charge on any atom is 0.224 e. The third-order valence-electron chi connectivity index (χ3n) is 4.67. The van der Waals surface area contributed by atoms with E-state index in [1.165, 1.54) is 11.1 Å². The fourth-order valence-electron chi connectivity index (χ4n) is 3.57. The van der Waals surface area contributed by atoms with Crippen molar-refractivity contribution in [1.29, 1.82) is 0 Å². The third kappa shape index (κ3) is 2.73. The number of nitrogens with one attached hydrogen (secondary N) is 1. The molecule has 2 aliphatic carbocycles. The average Bonchev–Trinajstić information content (AvgIpc) is 3.26. The van der Waals surface area contributed by atoms with E-state index in [1.807, 2.05) is 0 Å². The van der Waals surface area contributed by atoms with Crippen molar-refractivity contribution in [3.63, 3.8) is 0 Å². The standard InChI is InChI=1S/C16H21N3O2/c17-13(19-21)6-3-9-18-16(20)15-12-8-7-10-4-1-2-5-11(10)14(12)15/h1-2,4-5,12,14-15,21H,3,6-9H2,(H2,17,19)(H,18,20). The van der Waals surface area contributed by atoms with Crippen LogP contribution >= 0.6 is 0 Å². The van der Waals surface area contributed by atoms with E-state index < -0.39 is 0 Å². The van der Waals surface area contributed by atoms with Gasteiger partial charge < -0.3 is 16.3 Å². The van der Waals surface area contributed by atoms with Crippen LogP contribution in [0.3, 0.4) is 0 Å². The van der Waals surface area contributed by atoms with Crippen LogP contribution in [0.25, 0.3) is 0 Å². The molecule has 3 rings (SSSR count). The van der Waals surface area contributed by atoms with E-state index in [9.17, 15) is 4.79 Å². The largest absolute Gasteiger partial charge is 0.409 e. The van der Waals surface area contributed by atoms with Gasteiger partial charge in [0.05, 0.1) is 0 Å². The Hall–Kier alpha value is -2.04. The predicted molar refractivity (Wildman–Crippen MR) is 80.1 cm³/mol. The molecule has 1 aromatic carbocycles. The quantitative estimate of drug-likeness (QED) is 0.253. The molecule has 1 saturated carbocycles. The number of hydrogen-bond donors (Lipinski definition) is 3. The molecule has 2 aliphatic rings. The van der Waals surface area contributed by atoms with Gasteiger partial charge in [0.15, 0.2) is 0 Å². The highest BCUT2D eigenvalue weighted by atomic mass is 16.4. The highest BCUT2D eigenvalue weighted by molar-refractivity contribution is 5.84. The van der Waals surface area contributed by atoms with Gasteiger partial charge in [-0.05, 0) is 42.2 Å². The van der Waals surface area contributed by atoms with Gasteiger partial charge in [-0.25, -0.2) is 0 Å². The fraction of sp³-hybridized carbons (Fsp3) is 0.500. The number of hydrogen-bond acceptors (Lipinski definition) is 3. The van der Waals surface area contributed by atoms with Crippen LogP contribution < -0.4 is 11.1 Å².